The van der Waals surface area contributed by atoms with Crippen molar-refractivity contribution in [2.24, 2.45) is 0 Å². The van der Waals surface area contributed by atoms with Crippen LogP contribution in [0.4, 0.5) is 17.3 Å². The molecule has 0 N–H and O–H groups in total. The minimum atomic E-state index is 0.635. The van der Waals surface area contributed by atoms with Crippen LogP contribution in [0.15, 0.2) is 194 Å². The molecule has 56 heavy (non-hydrogen) atoms. The van der Waals surface area contributed by atoms with Gasteiger partial charge in [0.15, 0.2) is 17.5 Å². The second-order valence-electron chi connectivity index (χ2n) is 13.9. The summed E-state index contributed by atoms with van der Waals surface area (Å²) in [5.74, 6) is 2.78. The fourth-order valence-electron chi connectivity index (χ4n) is 7.92. The number of benzene rings is 8. The maximum atomic E-state index is 5.29. The van der Waals surface area contributed by atoms with Crippen molar-refractivity contribution >= 4 is 39.1 Å². The van der Waals surface area contributed by atoms with E-state index in [1.165, 1.54) is 21.9 Å². The summed E-state index contributed by atoms with van der Waals surface area (Å²) < 4.78 is 2.31. The largest absolute Gasteiger partial charge is 0.280 e. The van der Waals surface area contributed by atoms with Crippen molar-refractivity contribution in [3.05, 3.63) is 194 Å². The predicted molar refractivity (Wildman–Crippen MR) is 227 cm³/mol. The zero-order chi connectivity index (χ0) is 37.0. The minimum Gasteiger partial charge on any atom is -0.280 e. The van der Waals surface area contributed by atoms with E-state index in [1.54, 1.807) is 0 Å². The lowest BCUT2D eigenvalue weighted by molar-refractivity contribution is 1.05. The van der Waals surface area contributed by atoms with Crippen LogP contribution in [0.3, 0.4) is 0 Å². The zero-order valence-corrected chi connectivity index (χ0v) is 30.2. The van der Waals surface area contributed by atoms with Gasteiger partial charge in [0.2, 0.25) is 5.95 Å². The fraction of sp³-hybridized carbons (Fsp3) is 0. The molecule has 0 radical (unpaired) electrons. The Bertz CT molecular complexity index is 3010. The SMILES string of the molecule is c1ccc(-c2nc(-c3ccccc3)nc(-c3ccc(-c4ccc(N5c6ccc7ccccc7c6-c6ccccc6-n6c5nc5ccccc56)cc4)cc3)n2)cc1. The molecule has 0 saturated carbocycles. The van der Waals surface area contributed by atoms with Gasteiger partial charge in [0.05, 0.1) is 22.4 Å². The van der Waals surface area contributed by atoms with Crippen molar-refractivity contribution in [1.29, 1.82) is 0 Å². The van der Waals surface area contributed by atoms with E-state index in [1.807, 2.05) is 60.7 Å². The van der Waals surface area contributed by atoms with Gasteiger partial charge in [0, 0.05) is 33.5 Å². The van der Waals surface area contributed by atoms with E-state index >= 15 is 0 Å². The lowest BCUT2D eigenvalue weighted by atomic mass is 9.94. The Hall–Kier alpha value is -7.70. The van der Waals surface area contributed by atoms with Gasteiger partial charge in [0.1, 0.15) is 0 Å². The van der Waals surface area contributed by atoms with Gasteiger partial charge in [-0.25, -0.2) is 19.9 Å². The minimum absolute atomic E-state index is 0.635. The highest BCUT2D eigenvalue weighted by Crippen LogP contribution is 2.50. The number of imidazole rings is 1. The standard InChI is InChI=1S/C50H32N6/c1-3-14-36(15-4-1)47-52-48(37-16-5-2-6-17-37)54-49(53-47)38-25-23-33(24-26-38)34-27-30-39(31-28-34)55-45-32-29-35-13-7-8-18-40(35)46(45)41-19-9-11-21-43(41)56-44-22-12-10-20-42(44)51-50(55)56/h1-32H. The van der Waals surface area contributed by atoms with Crippen LogP contribution in [-0.4, -0.2) is 24.5 Å². The molecule has 10 aromatic rings. The van der Waals surface area contributed by atoms with Gasteiger partial charge >= 0.3 is 0 Å². The Morgan fingerprint density at radius 1 is 0.357 bits per heavy atom. The molecule has 262 valence electrons. The summed E-state index contributed by atoms with van der Waals surface area (Å²) in [5, 5.41) is 2.41. The summed E-state index contributed by atoms with van der Waals surface area (Å²) in [6.45, 7) is 0. The van der Waals surface area contributed by atoms with Gasteiger partial charge in [-0.3, -0.25) is 9.47 Å². The fourth-order valence-corrected chi connectivity index (χ4v) is 7.92. The summed E-state index contributed by atoms with van der Waals surface area (Å²) >= 11 is 0. The van der Waals surface area contributed by atoms with Gasteiger partial charge in [-0.1, -0.05) is 158 Å². The van der Waals surface area contributed by atoms with Gasteiger partial charge in [-0.15, -0.1) is 0 Å². The van der Waals surface area contributed by atoms with E-state index in [0.717, 1.165) is 61.9 Å². The predicted octanol–water partition coefficient (Wildman–Crippen LogP) is 12.5. The molecule has 3 heterocycles. The Balaban J connectivity index is 1.00. The first-order valence-corrected chi connectivity index (χ1v) is 18.7. The first kappa shape index (κ1) is 31.8. The molecule has 1 aliphatic rings. The van der Waals surface area contributed by atoms with E-state index in [0.29, 0.717) is 17.5 Å². The molecule has 8 aromatic carbocycles. The molecule has 0 unspecified atom stereocenters. The average molecular weight is 717 g/mol. The third-order valence-corrected chi connectivity index (χ3v) is 10.6. The first-order chi connectivity index (χ1) is 27.8. The van der Waals surface area contributed by atoms with Crippen molar-refractivity contribution in [3.63, 3.8) is 0 Å². The van der Waals surface area contributed by atoms with Crippen molar-refractivity contribution in [2.75, 3.05) is 4.90 Å². The van der Waals surface area contributed by atoms with Gasteiger partial charge < -0.3 is 0 Å². The average Bonchev–Trinajstić information content (AvgIpc) is 3.60. The molecule has 0 aliphatic carbocycles. The number of para-hydroxylation sites is 3. The zero-order valence-electron chi connectivity index (χ0n) is 30.2. The van der Waals surface area contributed by atoms with Crippen LogP contribution in [0.5, 0.6) is 0 Å². The van der Waals surface area contributed by atoms with Gasteiger partial charge in [-0.05, 0) is 58.3 Å². The third-order valence-electron chi connectivity index (χ3n) is 10.6. The molecule has 0 spiro atoms. The molecule has 0 bridgehead atoms. The maximum absolute atomic E-state index is 5.29. The maximum Gasteiger partial charge on any atom is 0.220 e. The first-order valence-electron chi connectivity index (χ1n) is 18.7. The highest BCUT2D eigenvalue weighted by molar-refractivity contribution is 6.08. The number of rotatable bonds is 5. The molecule has 6 nitrogen and oxygen atoms in total. The second kappa shape index (κ2) is 13.0. The Morgan fingerprint density at radius 3 is 1.59 bits per heavy atom. The van der Waals surface area contributed by atoms with Crippen LogP contribution in [0.2, 0.25) is 0 Å². The lowest BCUT2D eigenvalue weighted by Crippen LogP contribution is -2.14. The normalized spacial score (nSPS) is 11.9. The lowest BCUT2D eigenvalue weighted by Gasteiger charge is -2.25. The molecule has 11 rings (SSSR count). The molecule has 1 aliphatic heterocycles. The monoisotopic (exact) mass is 716 g/mol. The number of nitrogens with zero attached hydrogens (tertiary/aromatic N) is 6. The van der Waals surface area contributed by atoms with Crippen molar-refractivity contribution < 1.29 is 0 Å². The van der Waals surface area contributed by atoms with Crippen molar-refractivity contribution in [2.45, 2.75) is 0 Å². The number of anilines is 3. The quantitative estimate of drug-likeness (QED) is 0.177. The van der Waals surface area contributed by atoms with Crippen LogP contribution in [0.25, 0.3) is 83.9 Å². The molecule has 0 saturated heterocycles. The smallest absolute Gasteiger partial charge is 0.220 e. The van der Waals surface area contributed by atoms with Gasteiger partial charge in [-0.2, -0.15) is 0 Å². The summed E-state index contributed by atoms with van der Waals surface area (Å²) in [4.78, 5) is 22.3. The number of hydrogen-bond acceptors (Lipinski definition) is 5. The van der Waals surface area contributed by atoms with Crippen LogP contribution in [-0.2, 0) is 0 Å². The molecule has 6 heteroatoms. The summed E-state index contributed by atoms with van der Waals surface area (Å²) in [7, 11) is 0. The Labute approximate surface area is 323 Å². The van der Waals surface area contributed by atoms with Crippen LogP contribution in [0.1, 0.15) is 0 Å². The molecule has 0 fully saturated rings. The molecular weight excluding hydrogens is 685 g/mol. The van der Waals surface area contributed by atoms with Crippen molar-refractivity contribution in [3.8, 4) is 62.1 Å². The number of fused-ring (bicyclic) bond motifs is 9. The topological polar surface area (TPSA) is 59.7 Å². The summed E-state index contributed by atoms with van der Waals surface area (Å²) in [6, 6.07) is 67.6. The van der Waals surface area contributed by atoms with Crippen molar-refractivity contribution in [1.82, 2.24) is 24.5 Å². The Kier molecular flexibility index (Phi) is 7.38. The van der Waals surface area contributed by atoms with E-state index in [2.05, 4.69) is 143 Å². The van der Waals surface area contributed by atoms with Gasteiger partial charge in [0.25, 0.3) is 0 Å². The highest BCUT2D eigenvalue weighted by atomic mass is 15.3. The molecular formula is C50H32N6. The number of hydrogen-bond donors (Lipinski definition) is 0. The second-order valence-corrected chi connectivity index (χ2v) is 13.9. The van der Waals surface area contributed by atoms with E-state index in [4.69, 9.17) is 19.9 Å². The molecule has 0 atom stereocenters. The highest BCUT2D eigenvalue weighted by Gasteiger charge is 2.30. The van der Waals surface area contributed by atoms with E-state index < -0.39 is 0 Å². The molecule has 2 aromatic heterocycles. The third kappa shape index (κ3) is 5.27. The summed E-state index contributed by atoms with van der Waals surface area (Å²) in [6.07, 6.45) is 0. The van der Waals surface area contributed by atoms with E-state index in [-0.39, 0.29) is 0 Å². The Morgan fingerprint density at radius 2 is 0.893 bits per heavy atom. The summed E-state index contributed by atoms with van der Waals surface area (Å²) in [5.41, 5.74) is 12.6. The van der Waals surface area contributed by atoms with Crippen LogP contribution in [0, 0.1) is 0 Å². The van der Waals surface area contributed by atoms with E-state index in [9.17, 15) is 0 Å². The van der Waals surface area contributed by atoms with Crippen LogP contribution < -0.4 is 4.90 Å². The van der Waals surface area contributed by atoms with Crippen LogP contribution >= 0.6 is 0 Å². The molecule has 0 amide bonds. The number of aromatic nitrogens is 5.